The molecule has 21 heavy (non-hydrogen) atoms. The molecule has 2 aromatic rings. The Morgan fingerprint density at radius 3 is 3.05 bits per heavy atom. The van der Waals surface area contributed by atoms with Gasteiger partial charge >= 0.3 is 0 Å². The van der Waals surface area contributed by atoms with Crippen LogP contribution in [0.3, 0.4) is 0 Å². The molecule has 0 saturated carbocycles. The van der Waals surface area contributed by atoms with Crippen molar-refractivity contribution in [1.82, 2.24) is 19.8 Å². The Morgan fingerprint density at radius 2 is 2.29 bits per heavy atom. The van der Waals surface area contributed by atoms with E-state index in [0.717, 1.165) is 24.2 Å². The molecule has 0 aromatic carbocycles. The van der Waals surface area contributed by atoms with Crippen LogP contribution in [0.15, 0.2) is 42.0 Å². The summed E-state index contributed by atoms with van der Waals surface area (Å²) < 4.78 is 7.52. The molecule has 6 heteroatoms. The van der Waals surface area contributed by atoms with Crippen molar-refractivity contribution in [2.75, 3.05) is 13.2 Å². The van der Waals surface area contributed by atoms with Gasteiger partial charge in [-0.3, -0.25) is 9.99 Å². The number of rotatable bonds is 4. The monoisotopic (exact) mass is 285 g/mol. The molecule has 0 aliphatic carbocycles. The van der Waals surface area contributed by atoms with Crippen molar-refractivity contribution in [2.24, 2.45) is 5.10 Å². The molecule has 0 radical (unpaired) electrons. The number of aromatic nitrogens is 3. The van der Waals surface area contributed by atoms with Crippen molar-refractivity contribution in [2.45, 2.75) is 26.3 Å². The van der Waals surface area contributed by atoms with Gasteiger partial charge in [-0.25, -0.2) is 4.68 Å². The van der Waals surface area contributed by atoms with E-state index in [9.17, 15) is 0 Å². The molecule has 1 aliphatic heterocycles. The zero-order chi connectivity index (χ0) is 14.7. The van der Waals surface area contributed by atoms with Crippen LogP contribution < -0.4 is 0 Å². The Kier molecular flexibility index (Phi) is 3.85. The van der Waals surface area contributed by atoms with E-state index < -0.39 is 0 Å². The van der Waals surface area contributed by atoms with Crippen molar-refractivity contribution in [3.05, 3.63) is 42.5 Å². The molecule has 0 fully saturated rings. The van der Waals surface area contributed by atoms with E-state index in [1.165, 1.54) is 0 Å². The number of pyridine rings is 1. The van der Waals surface area contributed by atoms with Crippen molar-refractivity contribution < 1.29 is 4.74 Å². The number of hydrogen-bond acceptors (Lipinski definition) is 5. The first-order valence-electron chi connectivity index (χ1n) is 7.21. The van der Waals surface area contributed by atoms with Gasteiger partial charge in [-0.2, -0.15) is 5.10 Å². The van der Waals surface area contributed by atoms with Crippen molar-refractivity contribution in [3.8, 4) is 5.69 Å². The molecule has 0 amide bonds. The zero-order valence-corrected chi connectivity index (χ0v) is 12.3. The summed E-state index contributed by atoms with van der Waals surface area (Å²) in [6, 6.07) is 4.15. The summed E-state index contributed by atoms with van der Waals surface area (Å²) in [6.45, 7) is 5.86. The molecule has 2 aromatic heterocycles. The van der Waals surface area contributed by atoms with Gasteiger partial charge in [-0.1, -0.05) is 6.92 Å². The summed E-state index contributed by atoms with van der Waals surface area (Å²) in [5.74, 6) is 0.636. The molecule has 3 heterocycles. The number of ether oxygens (including phenoxy) is 1. The fourth-order valence-corrected chi connectivity index (χ4v) is 2.23. The van der Waals surface area contributed by atoms with Crippen LogP contribution in [-0.4, -0.2) is 44.9 Å². The van der Waals surface area contributed by atoms with E-state index in [1.54, 1.807) is 23.3 Å². The van der Waals surface area contributed by atoms with Crippen LogP contribution in [0.2, 0.25) is 0 Å². The highest BCUT2D eigenvalue weighted by molar-refractivity contribution is 5.93. The number of hydrazone groups is 1. The van der Waals surface area contributed by atoms with Crippen LogP contribution in [0.25, 0.3) is 5.69 Å². The highest BCUT2D eigenvalue weighted by atomic mass is 16.5. The first kappa shape index (κ1) is 13.6. The van der Waals surface area contributed by atoms with E-state index in [2.05, 4.69) is 34.0 Å². The molecule has 6 nitrogen and oxygen atoms in total. The maximum Gasteiger partial charge on any atom is 0.241 e. The lowest BCUT2D eigenvalue weighted by Gasteiger charge is -2.30. The normalized spacial score (nSPS) is 18.3. The van der Waals surface area contributed by atoms with Crippen molar-refractivity contribution in [3.63, 3.8) is 0 Å². The smallest absolute Gasteiger partial charge is 0.241 e. The Bertz CT molecular complexity index is 622. The first-order chi connectivity index (χ1) is 10.3. The number of nitrogens with zero attached hydrogens (tertiary/aromatic N) is 5. The highest BCUT2D eigenvalue weighted by Gasteiger charge is 2.21. The van der Waals surface area contributed by atoms with Gasteiger partial charge in [0.1, 0.15) is 6.61 Å². The lowest BCUT2D eigenvalue weighted by Crippen LogP contribution is -2.39. The third-order valence-electron chi connectivity index (χ3n) is 3.38. The fourth-order valence-electron chi connectivity index (χ4n) is 2.23. The van der Waals surface area contributed by atoms with Gasteiger partial charge in [0.15, 0.2) is 0 Å². The highest BCUT2D eigenvalue weighted by Crippen LogP contribution is 2.14. The van der Waals surface area contributed by atoms with Crippen molar-refractivity contribution >= 4 is 5.90 Å². The Hall–Kier alpha value is -2.37. The lowest BCUT2D eigenvalue weighted by atomic mass is 10.3. The molecule has 0 spiro atoms. The summed E-state index contributed by atoms with van der Waals surface area (Å²) in [7, 11) is 0. The van der Waals surface area contributed by atoms with Gasteiger partial charge in [0, 0.05) is 18.9 Å². The quantitative estimate of drug-likeness (QED) is 0.863. The first-order valence-corrected chi connectivity index (χ1v) is 7.21. The second kappa shape index (κ2) is 5.95. The Morgan fingerprint density at radius 1 is 1.38 bits per heavy atom. The molecule has 3 rings (SSSR count). The lowest BCUT2D eigenvalue weighted by molar-refractivity contribution is 0.109. The van der Waals surface area contributed by atoms with Gasteiger partial charge in [0.25, 0.3) is 0 Å². The van der Waals surface area contributed by atoms with Crippen LogP contribution in [-0.2, 0) is 4.74 Å². The van der Waals surface area contributed by atoms with E-state index in [1.807, 2.05) is 18.3 Å². The zero-order valence-electron chi connectivity index (χ0n) is 12.3. The molecular weight excluding hydrogens is 266 g/mol. The molecule has 110 valence electrons. The van der Waals surface area contributed by atoms with Gasteiger partial charge in [0.2, 0.25) is 5.90 Å². The predicted octanol–water partition coefficient (Wildman–Crippen LogP) is 2.06. The molecule has 0 bridgehead atoms. The largest absolute Gasteiger partial charge is 0.474 e. The average Bonchev–Trinajstić information content (AvgIpc) is 3.00. The third-order valence-corrected chi connectivity index (χ3v) is 3.38. The van der Waals surface area contributed by atoms with Crippen LogP contribution in [0.4, 0.5) is 0 Å². The maximum atomic E-state index is 5.74. The Balaban J connectivity index is 1.84. The van der Waals surface area contributed by atoms with Crippen LogP contribution in [0.5, 0.6) is 0 Å². The third kappa shape index (κ3) is 2.89. The van der Waals surface area contributed by atoms with E-state index in [4.69, 9.17) is 4.74 Å². The molecular formula is C15H19N5O. The van der Waals surface area contributed by atoms with Crippen LogP contribution in [0, 0.1) is 0 Å². The second-order valence-corrected chi connectivity index (χ2v) is 5.11. The summed E-state index contributed by atoms with van der Waals surface area (Å²) >= 11 is 0. The minimum atomic E-state index is 0.307. The summed E-state index contributed by atoms with van der Waals surface area (Å²) in [5.41, 5.74) is 1.80. The molecule has 0 N–H and O–H groups in total. The van der Waals surface area contributed by atoms with Crippen molar-refractivity contribution in [1.29, 1.82) is 0 Å². The molecule has 1 unspecified atom stereocenters. The van der Waals surface area contributed by atoms with Gasteiger partial charge in [0.05, 0.1) is 29.7 Å². The minimum Gasteiger partial charge on any atom is -0.474 e. The fraction of sp³-hybridized carbons (Fsp3) is 0.400. The molecule has 1 atom stereocenters. The topological polar surface area (TPSA) is 55.5 Å². The SMILES string of the molecule is CCCN1N=C(c2cnn(-c3cccnc3)c2)OCC1C. The van der Waals surface area contributed by atoms with Gasteiger partial charge in [-0.15, -0.1) is 5.10 Å². The van der Waals surface area contributed by atoms with Gasteiger partial charge in [-0.05, 0) is 25.5 Å². The van der Waals surface area contributed by atoms with E-state index >= 15 is 0 Å². The standard InChI is InChI=1S/C15H19N5O/c1-3-7-19-12(2)11-21-15(18-19)13-8-17-20(10-13)14-5-4-6-16-9-14/h4-6,8-10,12H,3,7,11H2,1-2H3. The number of hydrogen-bond donors (Lipinski definition) is 0. The molecule has 1 aliphatic rings. The predicted molar refractivity (Wildman–Crippen MR) is 80.3 cm³/mol. The average molecular weight is 285 g/mol. The van der Waals surface area contributed by atoms with Crippen LogP contribution in [0.1, 0.15) is 25.8 Å². The van der Waals surface area contributed by atoms with E-state index in [0.29, 0.717) is 18.5 Å². The summed E-state index contributed by atoms with van der Waals surface area (Å²) in [6.07, 6.45) is 8.26. The van der Waals surface area contributed by atoms with Gasteiger partial charge < -0.3 is 4.74 Å². The summed E-state index contributed by atoms with van der Waals surface area (Å²) in [4.78, 5) is 4.10. The second-order valence-electron chi connectivity index (χ2n) is 5.11. The van der Waals surface area contributed by atoms with E-state index in [-0.39, 0.29) is 0 Å². The molecule has 0 saturated heterocycles. The maximum absolute atomic E-state index is 5.74. The van der Waals surface area contributed by atoms with Crippen LogP contribution >= 0.6 is 0 Å². The Labute approximate surface area is 124 Å². The minimum absolute atomic E-state index is 0.307. The summed E-state index contributed by atoms with van der Waals surface area (Å²) in [5, 5.41) is 11.0.